The number of nitrogens with zero attached hydrogens (tertiary/aromatic N) is 2. The summed E-state index contributed by atoms with van der Waals surface area (Å²) < 4.78 is 1.94. The van der Waals surface area contributed by atoms with Crippen LogP contribution in [0.3, 0.4) is 0 Å². The predicted molar refractivity (Wildman–Crippen MR) is 90.1 cm³/mol. The molecule has 22 heavy (non-hydrogen) atoms. The lowest BCUT2D eigenvalue weighted by molar-refractivity contribution is 0.446. The Labute approximate surface area is 134 Å². The minimum absolute atomic E-state index is 0. The fraction of sp³-hybridized carbons (Fsp3) is 0.375. The van der Waals surface area contributed by atoms with Gasteiger partial charge in [-0.3, -0.25) is 4.79 Å². The highest BCUT2D eigenvalue weighted by molar-refractivity contribution is 5.94. The van der Waals surface area contributed by atoms with E-state index >= 15 is 0 Å². The molecule has 0 radical (unpaired) electrons. The summed E-state index contributed by atoms with van der Waals surface area (Å²) in [5.74, 6) is 0.394. The summed E-state index contributed by atoms with van der Waals surface area (Å²) >= 11 is 0. The zero-order chi connectivity index (χ0) is 14.4. The molecule has 1 fully saturated rings. The van der Waals surface area contributed by atoms with Gasteiger partial charge in [0.25, 0.3) is 5.56 Å². The normalized spacial score (nSPS) is 16.0. The van der Waals surface area contributed by atoms with Crippen molar-refractivity contribution in [3.8, 4) is 0 Å². The molecule has 4 rings (SSSR count). The maximum absolute atomic E-state index is 12.1. The lowest BCUT2D eigenvalue weighted by atomic mass is 9.94. The Hall–Kier alpha value is -1.85. The third kappa shape index (κ3) is 2.30. The molecule has 1 aliphatic rings. The van der Waals surface area contributed by atoms with Crippen LogP contribution in [0.5, 0.6) is 0 Å². The first-order valence-electron chi connectivity index (χ1n) is 7.46. The first-order chi connectivity index (χ1) is 10.2. The molecule has 116 valence electrons. The van der Waals surface area contributed by atoms with Gasteiger partial charge in [0.05, 0.1) is 11.2 Å². The molecule has 5 nitrogen and oxygen atoms in total. The Morgan fingerprint density at radius 2 is 2.05 bits per heavy atom. The van der Waals surface area contributed by atoms with Gasteiger partial charge < -0.3 is 10.3 Å². The lowest BCUT2D eigenvalue weighted by Gasteiger charge is -2.23. The number of aromatic nitrogens is 3. The number of aromatic amines is 1. The SMILES string of the molecule is Cc1cccc2nn3c(C4CCNCC4)cc(=O)[nH]c3c12.Cl. The van der Waals surface area contributed by atoms with E-state index in [4.69, 9.17) is 5.10 Å². The van der Waals surface area contributed by atoms with Crippen LogP contribution >= 0.6 is 12.4 Å². The number of aryl methyl sites for hydroxylation is 1. The number of nitrogens with one attached hydrogen (secondary N) is 2. The Bertz CT molecular complexity index is 877. The van der Waals surface area contributed by atoms with Crippen LogP contribution in [0.15, 0.2) is 29.1 Å². The predicted octanol–water partition coefficient (Wildman–Crippen LogP) is 2.37. The third-order valence-electron chi connectivity index (χ3n) is 4.43. The summed E-state index contributed by atoms with van der Waals surface area (Å²) in [4.78, 5) is 15.0. The van der Waals surface area contributed by atoms with E-state index in [1.165, 1.54) is 0 Å². The first kappa shape index (κ1) is 15.1. The first-order valence-corrected chi connectivity index (χ1v) is 7.46. The minimum Gasteiger partial charge on any atom is -0.317 e. The monoisotopic (exact) mass is 318 g/mol. The fourth-order valence-corrected chi connectivity index (χ4v) is 3.37. The summed E-state index contributed by atoms with van der Waals surface area (Å²) in [5.41, 5.74) is 3.89. The molecule has 1 aromatic carbocycles. The van der Waals surface area contributed by atoms with Gasteiger partial charge in [0.15, 0.2) is 0 Å². The van der Waals surface area contributed by atoms with E-state index in [-0.39, 0.29) is 18.0 Å². The van der Waals surface area contributed by atoms with Crippen molar-refractivity contribution in [1.82, 2.24) is 19.9 Å². The molecule has 0 amide bonds. The van der Waals surface area contributed by atoms with Gasteiger partial charge in [-0.15, -0.1) is 12.4 Å². The van der Waals surface area contributed by atoms with Gasteiger partial charge >= 0.3 is 0 Å². The second-order valence-electron chi connectivity index (χ2n) is 5.81. The Morgan fingerprint density at radius 1 is 1.27 bits per heavy atom. The largest absolute Gasteiger partial charge is 0.317 e. The van der Waals surface area contributed by atoms with Crippen molar-refractivity contribution in [2.75, 3.05) is 13.1 Å². The lowest BCUT2D eigenvalue weighted by Crippen LogP contribution is -2.28. The van der Waals surface area contributed by atoms with Crippen molar-refractivity contribution < 1.29 is 0 Å². The third-order valence-corrected chi connectivity index (χ3v) is 4.43. The summed E-state index contributed by atoms with van der Waals surface area (Å²) in [6.45, 7) is 4.05. The van der Waals surface area contributed by atoms with E-state index in [2.05, 4.69) is 23.3 Å². The second kappa shape index (κ2) is 5.74. The van der Waals surface area contributed by atoms with Gasteiger partial charge in [-0.2, -0.15) is 5.10 Å². The van der Waals surface area contributed by atoms with Crippen LogP contribution < -0.4 is 10.9 Å². The molecule has 0 saturated carbocycles. The smallest absolute Gasteiger partial charge is 0.251 e. The van der Waals surface area contributed by atoms with Crippen LogP contribution in [0.25, 0.3) is 16.6 Å². The number of benzene rings is 1. The number of rotatable bonds is 1. The highest BCUT2D eigenvalue weighted by Gasteiger charge is 2.20. The number of hydrogen-bond acceptors (Lipinski definition) is 3. The van der Waals surface area contributed by atoms with Crippen LogP contribution in [0.1, 0.15) is 30.0 Å². The molecule has 0 spiro atoms. The quantitative estimate of drug-likeness (QED) is 0.724. The van der Waals surface area contributed by atoms with Crippen LogP contribution in [-0.2, 0) is 0 Å². The fourth-order valence-electron chi connectivity index (χ4n) is 3.37. The molecular weight excluding hydrogens is 300 g/mol. The molecule has 6 heteroatoms. The maximum Gasteiger partial charge on any atom is 0.251 e. The van der Waals surface area contributed by atoms with Crippen molar-refractivity contribution in [2.24, 2.45) is 0 Å². The van der Waals surface area contributed by atoms with Gasteiger partial charge in [0.1, 0.15) is 5.65 Å². The van der Waals surface area contributed by atoms with Crippen molar-refractivity contribution >= 4 is 29.0 Å². The molecule has 2 aromatic heterocycles. The van der Waals surface area contributed by atoms with Gasteiger partial charge in [-0.1, -0.05) is 12.1 Å². The van der Waals surface area contributed by atoms with Crippen molar-refractivity contribution in [3.05, 3.63) is 45.9 Å². The van der Waals surface area contributed by atoms with E-state index in [0.717, 1.165) is 53.7 Å². The van der Waals surface area contributed by atoms with Gasteiger partial charge in [0, 0.05) is 17.4 Å². The number of H-pyrrole nitrogens is 1. The van der Waals surface area contributed by atoms with Crippen molar-refractivity contribution in [2.45, 2.75) is 25.7 Å². The maximum atomic E-state index is 12.1. The molecular formula is C16H19ClN4O. The molecule has 0 aliphatic carbocycles. The van der Waals surface area contributed by atoms with Gasteiger partial charge in [0.2, 0.25) is 0 Å². The van der Waals surface area contributed by atoms with Crippen LogP contribution in [0, 0.1) is 6.92 Å². The summed E-state index contributed by atoms with van der Waals surface area (Å²) in [5, 5.41) is 9.13. The van der Waals surface area contributed by atoms with Gasteiger partial charge in [-0.05, 0) is 44.5 Å². The van der Waals surface area contributed by atoms with Crippen LogP contribution in [0.4, 0.5) is 0 Å². The van der Waals surface area contributed by atoms with Gasteiger partial charge in [-0.25, -0.2) is 4.52 Å². The average molecular weight is 319 g/mol. The van der Waals surface area contributed by atoms with E-state index in [1.807, 2.05) is 16.6 Å². The Kier molecular flexibility index (Phi) is 3.93. The van der Waals surface area contributed by atoms with E-state index in [9.17, 15) is 4.79 Å². The molecule has 1 saturated heterocycles. The average Bonchev–Trinajstić information content (AvgIpc) is 2.87. The minimum atomic E-state index is -0.0407. The molecule has 1 aliphatic heterocycles. The van der Waals surface area contributed by atoms with E-state index in [1.54, 1.807) is 6.07 Å². The molecule has 2 N–H and O–H groups in total. The Balaban J connectivity index is 0.00000144. The van der Waals surface area contributed by atoms with Crippen molar-refractivity contribution in [1.29, 1.82) is 0 Å². The van der Waals surface area contributed by atoms with Crippen molar-refractivity contribution in [3.63, 3.8) is 0 Å². The molecule has 0 atom stereocenters. The summed E-state index contributed by atoms with van der Waals surface area (Å²) in [6, 6.07) is 7.77. The summed E-state index contributed by atoms with van der Waals surface area (Å²) in [6.07, 6.45) is 2.10. The number of hydrogen-bond donors (Lipinski definition) is 2. The number of fused-ring (bicyclic) bond motifs is 3. The number of halogens is 1. The Morgan fingerprint density at radius 3 is 2.82 bits per heavy atom. The highest BCUT2D eigenvalue weighted by atomic mass is 35.5. The van der Waals surface area contributed by atoms with Crippen LogP contribution in [-0.4, -0.2) is 27.7 Å². The molecule has 0 unspecified atom stereocenters. The topological polar surface area (TPSA) is 62.2 Å². The zero-order valence-corrected chi connectivity index (χ0v) is 13.2. The zero-order valence-electron chi connectivity index (χ0n) is 12.4. The number of piperidine rings is 1. The molecule has 0 bridgehead atoms. The van der Waals surface area contributed by atoms with Crippen LogP contribution in [0.2, 0.25) is 0 Å². The summed E-state index contributed by atoms with van der Waals surface area (Å²) in [7, 11) is 0. The highest BCUT2D eigenvalue weighted by Crippen LogP contribution is 2.27. The van der Waals surface area contributed by atoms with E-state index in [0.29, 0.717) is 5.92 Å². The second-order valence-corrected chi connectivity index (χ2v) is 5.81. The van der Waals surface area contributed by atoms with E-state index < -0.39 is 0 Å². The standard InChI is InChI=1S/C16H18N4O.ClH/c1-10-3-2-4-12-15(10)16-18-14(21)9-13(20(16)19-12)11-5-7-17-8-6-11;/h2-4,9,11,17H,5-8H2,1H3,(H,18,21);1H. The molecule has 3 heterocycles. The molecule has 3 aromatic rings.